The highest BCUT2D eigenvalue weighted by atomic mass is 32.2. The van der Waals surface area contributed by atoms with Gasteiger partial charge < -0.3 is 5.32 Å². The van der Waals surface area contributed by atoms with Gasteiger partial charge in [-0.25, -0.2) is 0 Å². The lowest BCUT2D eigenvalue weighted by atomic mass is 10.2. The van der Waals surface area contributed by atoms with Crippen molar-refractivity contribution >= 4 is 10.8 Å². The summed E-state index contributed by atoms with van der Waals surface area (Å²) in [6, 6.07) is 5.20. The van der Waals surface area contributed by atoms with Crippen LogP contribution in [0.4, 0.5) is 13.2 Å². The Hall–Kier alpha value is -0.880. The van der Waals surface area contributed by atoms with Crippen molar-refractivity contribution in [2.24, 2.45) is 0 Å². The molecule has 1 aromatic rings. The molecule has 0 aromatic heterocycles. The zero-order chi connectivity index (χ0) is 14.8. The Morgan fingerprint density at radius 1 is 1.35 bits per heavy atom. The molecule has 0 amide bonds. The Kier molecular flexibility index (Phi) is 4.86. The van der Waals surface area contributed by atoms with Crippen LogP contribution in [0.2, 0.25) is 0 Å². The highest BCUT2D eigenvalue weighted by Crippen LogP contribution is 2.32. The van der Waals surface area contributed by atoms with Crippen LogP contribution in [0.3, 0.4) is 0 Å². The van der Waals surface area contributed by atoms with Crippen LogP contribution in [-0.2, 0) is 17.0 Å². The second-order valence-electron chi connectivity index (χ2n) is 5.01. The average molecular weight is 305 g/mol. The van der Waals surface area contributed by atoms with Crippen LogP contribution in [0.25, 0.3) is 0 Å². The van der Waals surface area contributed by atoms with Crippen LogP contribution in [-0.4, -0.2) is 22.0 Å². The highest BCUT2D eigenvalue weighted by molar-refractivity contribution is 7.85. The van der Waals surface area contributed by atoms with Gasteiger partial charge in [-0.15, -0.1) is 0 Å². The topological polar surface area (TPSA) is 29.1 Å². The first kappa shape index (κ1) is 15.5. The molecule has 1 aliphatic carbocycles. The van der Waals surface area contributed by atoms with E-state index in [4.69, 9.17) is 0 Å². The molecule has 1 aliphatic rings. The smallest absolute Gasteiger partial charge is 0.314 e. The van der Waals surface area contributed by atoms with E-state index in [0.717, 1.165) is 37.9 Å². The van der Waals surface area contributed by atoms with E-state index in [2.05, 4.69) is 5.32 Å². The van der Waals surface area contributed by atoms with Crippen molar-refractivity contribution in [1.29, 1.82) is 0 Å². The first-order valence-electron chi connectivity index (χ1n) is 6.73. The van der Waals surface area contributed by atoms with Crippen molar-refractivity contribution in [3.05, 3.63) is 29.8 Å². The van der Waals surface area contributed by atoms with Gasteiger partial charge in [0.05, 0.1) is 16.4 Å². The molecule has 20 heavy (non-hydrogen) atoms. The lowest BCUT2D eigenvalue weighted by molar-refractivity contribution is -0.137. The first-order valence-corrected chi connectivity index (χ1v) is 7.94. The molecule has 1 fully saturated rings. The van der Waals surface area contributed by atoms with Crippen molar-refractivity contribution in [2.45, 2.75) is 48.5 Å². The maximum absolute atomic E-state index is 12.7. The van der Waals surface area contributed by atoms with Gasteiger partial charge in [-0.3, -0.25) is 4.21 Å². The molecule has 2 nitrogen and oxygen atoms in total. The summed E-state index contributed by atoms with van der Waals surface area (Å²) < 4.78 is 50.4. The fourth-order valence-electron chi connectivity index (χ4n) is 2.60. The van der Waals surface area contributed by atoms with Crippen LogP contribution in [0, 0.1) is 0 Å². The average Bonchev–Trinajstić information content (AvgIpc) is 2.86. The minimum Gasteiger partial charge on any atom is -0.314 e. The van der Waals surface area contributed by atoms with Crippen LogP contribution in [0.15, 0.2) is 29.2 Å². The largest absolute Gasteiger partial charge is 0.416 e. The standard InChI is InChI=1S/C14H18F3NOS/c1-2-18-11-6-7-13(9-11)20(19)12-5-3-4-10(8-12)14(15,16)17/h3-5,8,11,13,18H,2,6-7,9H2,1H3. The molecular formula is C14H18F3NOS. The molecule has 1 saturated carbocycles. The van der Waals surface area contributed by atoms with Gasteiger partial charge in [-0.05, 0) is 44.0 Å². The summed E-state index contributed by atoms with van der Waals surface area (Å²) in [6.45, 7) is 2.87. The molecule has 0 heterocycles. The zero-order valence-electron chi connectivity index (χ0n) is 11.2. The Balaban J connectivity index is 2.10. The molecule has 6 heteroatoms. The molecule has 1 N–H and O–H groups in total. The molecule has 3 unspecified atom stereocenters. The van der Waals surface area contributed by atoms with E-state index in [9.17, 15) is 17.4 Å². The third-order valence-corrected chi connectivity index (χ3v) is 5.33. The van der Waals surface area contributed by atoms with E-state index in [1.165, 1.54) is 12.1 Å². The monoisotopic (exact) mass is 305 g/mol. The summed E-state index contributed by atoms with van der Waals surface area (Å²) in [5, 5.41) is 3.25. The predicted octanol–water partition coefficient (Wildman–Crippen LogP) is 3.34. The number of nitrogens with one attached hydrogen (secondary N) is 1. The summed E-state index contributed by atoms with van der Waals surface area (Å²) in [4.78, 5) is 0.280. The summed E-state index contributed by atoms with van der Waals surface area (Å²) >= 11 is 0. The van der Waals surface area contributed by atoms with E-state index in [1.54, 1.807) is 0 Å². The SMILES string of the molecule is CCNC1CCC(S(=O)c2cccc(C(F)(F)F)c2)C1. The lowest BCUT2D eigenvalue weighted by Crippen LogP contribution is -2.27. The normalized spacial score (nSPS) is 24.8. The molecule has 0 aliphatic heterocycles. The van der Waals surface area contributed by atoms with Gasteiger partial charge in [-0.1, -0.05) is 13.0 Å². The molecule has 2 rings (SSSR count). The quantitative estimate of drug-likeness (QED) is 0.924. The number of benzene rings is 1. The summed E-state index contributed by atoms with van der Waals surface area (Å²) in [5.41, 5.74) is -0.732. The van der Waals surface area contributed by atoms with E-state index in [0.29, 0.717) is 6.04 Å². The molecule has 1 aromatic carbocycles. The van der Waals surface area contributed by atoms with Crippen molar-refractivity contribution in [3.8, 4) is 0 Å². The zero-order valence-corrected chi connectivity index (χ0v) is 12.1. The highest BCUT2D eigenvalue weighted by Gasteiger charge is 2.33. The van der Waals surface area contributed by atoms with Gasteiger partial charge in [0.15, 0.2) is 0 Å². The number of halogens is 3. The molecule has 3 atom stereocenters. The Bertz CT molecular complexity index is 490. The van der Waals surface area contributed by atoms with Crippen molar-refractivity contribution in [1.82, 2.24) is 5.32 Å². The molecule has 112 valence electrons. The van der Waals surface area contributed by atoms with Gasteiger partial charge in [0.2, 0.25) is 0 Å². The summed E-state index contributed by atoms with van der Waals surface area (Å²) in [7, 11) is -1.37. The minimum absolute atomic E-state index is 0.0532. The molecule has 0 spiro atoms. The third-order valence-electron chi connectivity index (χ3n) is 3.57. The molecule has 0 radical (unpaired) electrons. The van der Waals surface area contributed by atoms with E-state index < -0.39 is 22.5 Å². The van der Waals surface area contributed by atoms with Crippen LogP contribution in [0.1, 0.15) is 31.7 Å². The second-order valence-corrected chi connectivity index (χ2v) is 6.75. The number of hydrogen-bond donors (Lipinski definition) is 1. The third kappa shape index (κ3) is 3.61. The van der Waals surface area contributed by atoms with Gasteiger partial charge in [0.1, 0.15) is 0 Å². The van der Waals surface area contributed by atoms with Crippen molar-refractivity contribution in [2.75, 3.05) is 6.54 Å². The van der Waals surface area contributed by atoms with Gasteiger partial charge in [-0.2, -0.15) is 13.2 Å². The first-order chi connectivity index (χ1) is 9.41. The maximum atomic E-state index is 12.7. The predicted molar refractivity (Wildman–Crippen MR) is 73.0 cm³/mol. The Morgan fingerprint density at radius 2 is 2.10 bits per heavy atom. The molecule has 0 bridgehead atoms. The Labute approximate surface area is 119 Å². The number of hydrogen-bond acceptors (Lipinski definition) is 2. The van der Waals surface area contributed by atoms with E-state index in [1.807, 2.05) is 6.92 Å². The van der Waals surface area contributed by atoms with Crippen LogP contribution >= 0.6 is 0 Å². The number of alkyl halides is 3. The van der Waals surface area contributed by atoms with Gasteiger partial charge in [0.25, 0.3) is 0 Å². The van der Waals surface area contributed by atoms with E-state index >= 15 is 0 Å². The summed E-state index contributed by atoms with van der Waals surface area (Å²) in [5.74, 6) is 0. The maximum Gasteiger partial charge on any atom is 0.416 e. The minimum atomic E-state index is -4.39. The Morgan fingerprint density at radius 3 is 2.75 bits per heavy atom. The number of rotatable bonds is 4. The molecular weight excluding hydrogens is 287 g/mol. The fourth-order valence-corrected chi connectivity index (χ4v) is 4.20. The van der Waals surface area contributed by atoms with Crippen LogP contribution < -0.4 is 5.32 Å². The van der Waals surface area contributed by atoms with Gasteiger partial charge in [0, 0.05) is 16.2 Å². The van der Waals surface area contributed by atoms with Crippen molar-refractivity contribution in [3.63, 3.8) is 0 Å². The van der Waals surface area contributed by atoms with E-state index in [-0.39, 0.29) is 10.1 Å². The molecule has 0 saturated heterocycles. The second kappa shape index (κ2) is 6.26. The van der Waals surface area contributed by atoms with Crippen molar-refractivity contribution < 1.29 is 17.4 Å². The summed E-state index contributed by atoms with van der Waals surface area (Å²) in [6.07, 6.45) is -1.90. The van der Waals surface area contributed by atoms with Gasteiger partial charge >= 0.3 is 6.18 Å². The van der Waals surface area contributed by atoms with Crippen LogP contribution in [0.5, 0.6) is 0 Å². The fraction of sp³-hybridized carbons (Fsp3) is 0.571. The lowest BCUT2D eigenvalue weighted by Gasteiger charge is -2.13.